The van der Waals surface area contributed by atoms with Crippen molar-refractivity contribution >= 4 is 22.0 Å². The smallest absolute Gasteiger partial charge is 0.404 e. The van der Waals surface area contributed by atoms with Crippen molar-refractivity contribution < 1.29 is 9.90 Å². The van der Waals surface area contributed by atoms with Crippen molar-refractivity contribution in [2.24, 2.45) is 5.92 Å². The zero-order chi connectivity index (χ0) is 15.6. The van der Waals surface area contributed by atoms with Crippen LogP contribution in [0.15, 0.2) is 16.6 Å². The Balaban J connectivity index is 0.000000232. The number of amides is 1. The van der Waals surface area contributed by atoms with E-state index in [9.17, 15) is 4.79 Å². The number of nitrogens with one attached hydrogen (secondary N) is 2. The number of carbonyl (C=O) groups is 1. The van der Waals surface area contributed by atoms with Gasteiger partial charge in [0.25, 0.3) is 0 Å². The van der Waals surface area contributed by atoms with Crippen LogP contribution in [0, 0.1) is 12.8 Å². The highest BCUT2D eigenvalue weighted by Crippen LogP contribution is 2.49. The lowest BCUT2D eigenvalue weighted by molar-refractivity contribution is 0.195. The van der Waals surface area contributed by atoms with Gasteiger partial charge in [-0.25, -0.2) is 4.79 Å². The Labute approximate surface area is 134 Å². The van der Waals surface area contributed by atoms with E-state index in [0.717, 1.165) is 17.8 Å². The molecule has 0 radical (unpaired) electrons. The van der Waals surface area contributed by atoms with Crippen molar-refractivity contribution in [3.8, 4) is 0 Å². The Kier molecular flexibility index (Phi) is 5.27. The van der Waals surface area contributed by atoms with Crippen LogP contribution in [0.5, 0.6) is 0 Å². The van der Waals surface area contributed by atoms with Gasteiger partial charge in [0.05, 0.1) is 0 Å². The molecule has 1 aliphatic heterocycles. The van der Waals surface area contributed by atoms with Gasteiger partial charge in [-0.2, -0.15) is 0 Å². The molecule has 0 bridgehead atoms. The van der Waals surface area contributed by atoms with Gasteiger partial charge in [-0.1, -0.05) is 28.9 Å². The molecule has 0 aromatic heterocycles. The van der Waals surface area contributed by atoms with Crippen molar-refractivity contribution in [2.45, 2.75) is 32.6 Å². The third-order valence-corrected chi connectivity index (χ3v) is 5.34. The van der Waals surface area contributed by atoms with Crippen LogP contribution in [0.1, 0.15) is 42.4 Å². The van der Waals surface area contributed by atoms with Crippen LogP contribution in [0.2, 0.25) is 0 Å². The van der Waals surface area contributed by atoms with Gasteiger partial charge in [0.2, 0.25) is 0 Å². The Morgan fingerprint density at radius 1 is 1.43 bits per heavy atom. The van der Waals surface area contributed by atoms with E-state index in [1.54, 1.807) is 18.1 Å². The number of halogens is 1. The SMILES string of the molecule is CCNC(=O)O.Cc1cc2c(cc1Br)C(C)C1CNCC21. The van der Waals surface area contributed by atoms with Gasteiger partial charge in [0.1, 0.15) is 0 Å². The molecule has 1 aromatic carbocycles. The molecule has 0 saturated carbocycles. The highest BCUT2D eigenvalue weighted by atomic mass is 79.9. The highest BCUT2D eigenvalue weighted by molar-refractivity contribution is 9.10. The molecule has 1 fully saturated rings. The minimum absolute atomic E-state index is 0.481. The fourth-order valence-electron chi connectivity index (χ4n) is 3.38. The maximum atomic E-state index is 9.49. The van der Waals surface area contributed by atoms with Gasteiger partial charge in [-0.15, -0.1) is 0 Å². The lowest BCUT2D eigenvalue weighted by atomic mass is 9.91. The second-order valence-electron chi connectivity index (χ2n) is 5.78. The minimum Gasteiger partial charge on any atom is -0.465 e. The van der Waals surface area contributed by atoms with E-state index in [1.165, 1.54) is 23.1 Å². The van der Waals surface area contributed by atoms with Gasteiger partial charge >= 0.3 is 6.09 Å². The van der Waals surface area contributed by atoms with Crippen LogP contribution in [0.3, 0.4) is 0 Å². The van der Waals surface area contributed by atoms with E-state index in [0.29, 0.717) is 6.54 Å². The molecular weight excluding hydrogens is 332 g/mol. The third-order valence-electron chi connectivity index (χ3n) is 4.49. The summed E-state index contributed by atoms with van der Waals surface area (Å²) in [5.41, 5.74) is 4.54. The molecule has 116 valence electrons. The van der Waals surface area contributed by atoms with Crippen LogP contribution < -0.4 is 10.6 Å². The van der Waals surface area contributed by atoms with Crippen LogP contribution in [-0.2, 0) is 0 Å². The summed E-state index contributed by atoms with van der Waals surface area (Å²) < 4.78 is 1.26. The molecule has 1 saturated heterocycles. The molecule has 4 nitrogen and oxygen atoms in total. The topological polar surface area (TPSA) is 61.4 Å². The molecule has 1 amide bonds. The van der Waals surface area contributed by atoms with Crippen molar-refractivity contribution in [2.75, 3.05) is 19.6 Å². The first-order chi connectivity index (χ1) is 9.95. The molecule has 3 atom stereocenters. The van der Waals surface area contributed by atoms with E-state index in [1.807, 2.05) is 0 Å². The van der Waals surface area contributed by atoms with E-state index in [2.05, 4.69) is 52.5 Å². The third kappa shape index (κ3) is 3.40. The summed E-state index contributed by atoms with van der Waals surface area (Å²) in [5, 5.41) is 13.4. The zero-order valence-electron chi connectivity index (χ0n) is 12.7. The van der Waals surface area contributed by atoms with E-state index in [4.69, 9.17) is 5.11 Å². The van der Waals surface area contributed by atoms with Crippen molar-refractivity contribution in [3.63, 3.8) is 0 Å². The Bertz CT molecular complexity index is 533. The summed E-state index contributed by atoms with van der Waals surface area (Å²) in [6, 6.07) is 4.72. The number of rotatable bonds is 1. The Morgan fingerprint density at radius 3 is 2.71 bits per heavy atom. The van der Waals surface area contributed by atoms with E-state index in [-0.39, 0.29) is 0 Å². The van der Waals surface area contributed by atoms with Crippen LogP contribution in [0.25, 0.3) is 0 Å². The normalized spacial score (nSPS) is 25.6. The first kappa shape index (κ1) is 16.3. The summed E-state index contributed by atoms with van der Waals surface area (Å²) in [5.74, 6) is 2.31. The van der Waals surface area contributed by atoms with Crippen LogP contribution >= 0.6 is 15.9 Å². The standard InChI is InChI=1S/C13H16BrN.C3H7NO2/c1-7-3-10-9(4-13(7)14)8(2)11-5-15-6-12(10)11;1-2-4-3(5)6/h3-4,8,11-12,15H,5-6H2,1-2H3;4H,2H2,1H3,(H,5,6). The molecule has 1 heterocycles. The lowest BCUT2D eigenvalue weighted by Gasteiger charge is -2.12. The van der Waals surface area contributed by atoms with E-state index >= 15 is 0 Å². The van der Waals surface area contributed by atoms with Gasteiger partial charge < -0.3 is 15.7 Å². The minimum atomic E-state index is -0.961. The number of benzene rings is 1. The molecule has 3 N–H and O–H groups in total. The van der Waals surface area contributed by atoms with Crippen molar-refractivity contribution in [3.05, 3.63) is 33.3 Å². The summed E-state index contributed by atoms with van der Waals surface area (Å²) in [6.07, 6.45) is -0.961. The predicted octanol–water partition coefficient (Wildman–Crippen LogP) is 3.45. The van der Waals surface area contributed by atoms with Crippen molar-refractivity contribution in [1.29, 1.82) is 0 Å². The number of aryl methyl sites for hydroxylation is 1. The molecule has 21 heavy (non-hydrogen) atoms. The summed E-state index contributed by atoms with van der Waals surface area (Å²) in [4.78, 5) is 9.49. The number of fused-ring (bicyclic) bond motifs is 3. The Morgan fingerprint density at radius 2 is 2.14 bits per heavy atom. The summed E-state index contributed by atoms with van der Waals surface area (Å²) in [6.45, 7) is 9.13. The first-order valence-electron chi connectivity index (χ1n) is 7.43. The molecule has 3 rings (SSSR count). The van der Waals surface area contributed by atoms with Crippen LogP contribution in [-0.4, -0.2) is 30.8 Å². The molecule has 3 unspecified atom stereocenters. The molecule has 1 aromatic rings. The summed E-state index contributed by atoms with van der Waals surface area (Å²) >= 11 is 3.64. The summed E-state index contributed by atoms with van der Waals surface area (Å²) in [7, 11) is 0. The maximum absolute atomic E-state index is 9.49. The fourth-order valence-corrected chi connectivity index (χ4v) is 3.74. The van der Waals surface area contributed by atoms with Gasteiger partial charge in [-0.05, 0) is 55.0 Å². The molecular formula is C16H23BrN2O2. The Hall–Kier alpha value is -1.07. The second kappa shape index (κ2) is 6.79. The molecule has 1 aliphatic carbocycles. The van der Waals surface area contributed by atoms with Gasteiger partial charge in [-0.3, -0.25) is 0 Å². The fraction of sp³-hybridized carbons (Fsp3) is 0.562. The van der Waals surface area contributed by atoms with Crippen molar-refractivity contribution in [1.82, 2.24) is 10.6 Å². The number of hydrogen-bond donors (Lipinski definition) is 3. The largest absolute Gasteiger partial charge is 0.465 e. The van der Waals surface area contributed by atoms with Gasteiger partial charge in [0, 0.05) is 23.5 Å². The van der Waals surface area contributed by atoms with Gasteiger partial charge in [0.15, 0.2) is 0 Å². The highest BCUT2D eigenvalue weighted by Gasteiger charge is 2.41. The first-order valence-corrected chi connectivity index (χ1v) is 8.22. The maximum Gasteiger partial charge on any atom is 0.404 e. The average molecular weight is 355 g/mol. The van der Waals surface area contributed by atoms with Crippen LogP contribution in [0.4, 0.5) is 4.79 Å². The van der Waals surface area contributed by atoms with E-state index < -0.39 is 6.09 Å². The molecule has 2 aliphatic rings. The monoisotopic (exact) mass is 354 g/mol. The predicted molar refractivity (Wildman–Crippen MR) is 88.1 cm³/mol. The quantitative estimate of drug-likeness (QED) is 0.723. The number of hydrogen-bond acceptors (Lipinski definition) is 2. The zero-order valence-corrected chi connectivity index (χ0v) is 14.3. The number of carboxylic acid groups (broad SMARTS) is 1. The molecule has 0 spiro atoms. The second-order valence-corrected chi connectivity index (χ2v) is 6.64. The lowest BCUT2D eigenvalue weighted by Crippen LogP contribution is -2.19. The average Bonchev–Trinajstić information content (AvgIpc) is 2.97. The molecule has 5 heteroatoms.